The number of hydrogen-bond donors (Lipinski definition) is 1. The van der Waals surface area contributed by atoms with Gasteiger partial charge in [0.15, 0.2) is 11.8 Å². The fraction of sp³-hybridized carbons (Fsp3) is 0.545. The zero-order valence-electron chi connectivity index (χ0n) is 17.7. The molecule has 3 aliphatic heterocycles. The molecule has 3 aliphatic rings. The number of para-hydroxylation sites is 1. The van der Waals surface area contributed by atoms with Crippen molar-refractivity contribution in [3.05, 3.63) is 29.8 Å². The standard InChI is InChI=1S/C22H28N4O4S/c1-15-4-2-3-5-16(15)30-13-19(28)25-9-6-22(7-10-25)8-11-26(14-22)18(27)12-17-20(29)24-21(23)31-17/h2-5,17H,6-14H2,1H3,(H2,23,24,29). The molecule has 0 saturated carbocycles. The average Bonchev–Trinajstić information content (AvgIpc) is 3.30. The summed E-state index contributed by atoms with van der Waals surface area (Å²) < 4.78 is 5.70. The smallest absolute Gasteiger partial charge is 0.262 e. The predicted molar refractivity (Wildman–Crippen MR) is 119 cm³/mol. The number of aliphatic imine (C=N–C) groups is 1. The number of ether oxygens (including phenoxy) is 1. The Kier molecular flexibility index (Phi) is 6.22. The molecule has 1 atom stereocenters. The molecule has 2 saturated heterocycles. The van der Waals surface area contributed by atoms with Gasteiger partial charge in [-0.3, -0.25) is 14.4 Å². The predicted octanol–water partition coefficient (Wildman–Crippen LogP) is 1.56. The molecule has 0 aromatic heterocycles. The van der Waals surface area contributed by atoms with Crippen molar-refractivity contribution in [2.24, 2.45) is 16.1 Å². The molecule has 1 spiro atoms. The van der Waals surface area contributed by atoms with Crippen LogP contribution in [0.3, 0.4) is 0 Å². The van der Waals surface area contributed by atoms with Crippen LogP contribution in [-0.2, 0) is 14.4 Å². The summed E-state index contributed by atoms with van der Waals surface area (Å²) in [5, 5.41) is -0.249. The number of amidine groups is 1. The van der Waals surface area contributed by atoms with E-state index in [1.54, 1.807) is 0 Å². The summed E-state index contributed by atoms with van der Waals surface area (Å²) >= 11 is 1.17. The lowest BCUT2D eigenvalue weighted by molar-refractivity contribution is -0.136. The Bertz CT molecular complexity index is 911. The fourth-order valence-corrected chi connectivity index (χ4v) is 5.37. The first kappa shape index (κ1) is 21.7. The summed E-state index contributed by atoms with van der Waals surface area (Å²) in [5.74, 6) is 0.404. The molecule has 8 nitrogen and oxygen atoms in total. The summed E-state index contributed by atoms with van der Waals surface area (Å²) in [4.78, 5) is 44.5. The minimum absolute atomic E-state index is 0.00149. The number of hydrogen-bond acceptors (Lipinski definition) is 6. The van der Waals surface area contributed by atoms with Crippen LogP contribution in [0, 0.1) is 12.3 Å². The molecule has 0 radical (unpaired) electrons. The zero-order valence-corrected chi connectivity index (χ0v) is 18.5. The van der Waals surface area contributed by atoms with Crippen molar-refractivity contribution in [2.75, 3.05) is 32.8 Å². The molecule has 2 fully saturated rings. The zero-order chi connectivity index (χ0) is 22.0. The number of nitrogens with zero attached hydrogens (tertiary/aromatic N) is 3. The fourth-order valence-electron chi connectivity index (χ4n) is 4.56. The maximum atomic E-state index is 12.7. The number of likely N-dealkylation sites (tertiary alicyclic amines) is 2. The maximum Gasteiger partial charge on any atom is 0.262 e. The second kappa shape index (κ2) is 8.90. The van der Waals surface area contributed by atoms with Crippen LogP contribution in [-0.4, -0.2) is 70.7 Å². The Morgan fingerprint density at radius 2 is 1.84 bits per heavy atom. The van der Waals surface area contributed by atoms with Crippen molar-refractivity contribution < 1.29 is 19.1 Å². The highest BCUT2D eigenvalue weighted by Crippen LogP contribution is 2.41. The summed E-state index contributed by atoms with van der Waals surface area (Å²) in [6.07, 6.45) is 2.83. The summed E-state index contributed by atoms with van der Waals surface area (Å²) in [5.41, 5.74) is 6.65. The Morgan fingerprint density at radius 3 is 2.48 bits per heavy atom. The number of carbonyl (C=O) groups excluding carboxylic acids is 3. The highest BCUT2D eigenvalue weighted by molar-refractivity contribution is 8.15. The molecule has 1 unspecified atom stereocenters. The monoisotopic (exact) mass is 444 g/mol. The quantitative estimate of drug-likeness (QED) is 0.739. The van der Waals surface area contributed by atoms with Gasteiger partial charge in [-0.25, -0.2) is 0 Å². The molecular weight excluding hydrogens is 416 g/mol. The summed E-state index contributed by atoms with van der Waals surface area (Å²) in [6.45, 7) is 4.75. The number of piperidine rings is 1. The number of thioether (sulfide) groups is 1. The van der Waals surface area contributed by atoms with E-state index in [1.165, 1.54) is 11.8 Å². The molecular formula is C22H28N4O4S. The normalized spacial score (nSPS) is 22.7. The van der Waals surface area contributed by atoms with Crippen molar-refractivity contribution in [3.8, 4) is 5.75 Å². The van der Waals surface area contributed by atoms with Crippen molar-refractivity contribution in [2.45, 2.75) is 37.9 Å². The lowest BCUT2D eigenvalue weighted by atomic mass is 9.78. The van der Waals surface area contributed by atoms with Crippen LogP contribution >= 0.6 is 11.8 Å². The minimum atomic E-state index is -0.489. The molecule has 166 valence electrons. The van der Waals surface area contributed by atoms with Gasteiger partial charge in [0.2, 0.25) is 5.91 Å². The van der Waals surface area contributed by atoms with E-state index < -0.39 is 5.25 Å². The Balaban J connectivity index is 1.24. The van der Waals surface area contributed by atoms with Crippen LogP contribution in [0.1, 0.15) is 31.2 Å². The molecule has 1 aromatic carbocycles. The van der Waals surface area contributed by atoms with E-state index in [-0.39, 0.29) is 41.3 Å². The van der Waals surface area contributed by atoms with Crippen LogP contribution in [0.25, 0.3) is 0 Å². The lowest BCUT2D eigenvalue weighted by Crippen LogP contribution is -2.46. The number of benzene rings is 1. The first-order valence-electron chi connectivity index (χ1n) is 10.6. The van der Waals surface area contributed by atoms with Gasteiger partial charge >= 0.3 is 0 Å². The van der Waals surface area contributed by atoms with Crippen molar-refractivity contribution in [1.82, 2.24) is 9.80 Å². The van der Waals surface area contributed by atoms with Crippen molar-refractivity contribution >= 4 is 34.7 Å². The van der Waals surface area contributed by atoms with Gasteiger partial charge in [0, 0.05) is 32.6 Å². The third-order valence-electron chi connectivity index (χ3n) is 6.53. The van der Waals surface area contributed by atoms with Gasteiger partial charge in [0.25, 0.3) is 11.8 Å². The second-order valence-corrected chi connectivity index (χ2v) is 9.82. The highest BCUT2D eigenvalue weighted by Gasteiger charge is 2.43. The molecule has 0 bridgehead atoms. The summed E-state index contributed by atoms with van der Waals surface area (Å²) in [6, 6.07) is 7.67. The lowest BCUT2D eigenvalue weighted by Gasteiger charge is -2.39. The van der Waals surface area contributed by atoms with Gasteiger partial charge in [-0.05, 0) is 43.2 Å². The molecule has 2 N–H and O–H groups in total. The van der Waals surface area contributed by atoms with E-state index >= 15 is 0 Å². The topological polar surface area (TPSA) is 105 Å². The van der Waals surface area contributed by atoms with Crippen LogP contribution in [0.2, 0.25) is 0 Å². The van der Waals surface area contributed by atoms with Crippen LogP contribution in [0.15, 0.2) is 29.3 Å². The average molecular weight is 445 g/mol. The van der Waals surface area contributed by atoms with Gasteiger partial charge in [-0.1, -0.05) is 30.0 Å². The van der Waals surface area contributed by atoms with Crippen LogP contribution in [0.5, 0.6) is 5.75 Å². The number of amides is 3. The van der Waals surface area contributed by atoms with Gasteiger partial charge < -0.3 is 20.3 Å². The number of carbonyl (C=O) groups is 3. The first-order chi connectivity index (χ1) is 14.8. The molecule has 1 aromatic rings. The highest BCUT2D eigenvalue weighted by atomic mass is 32.2. The molecule has 0 aliphatic carbocycles. The van der Waals surface area contributed by atoms with E-state index in [0.29, 0.717) is 26.2 Å². The third kappa shape index (κ3) is 4.87. The van der Waals surface area contributed by atoms with Gasteiger partial charge in [0.1, 0.15) is 11.0 Å². The number of nitrogens with two attached hydrogens (primary N) is 1. The SMILES string of the molecule is Cc1ccccc1OCC(=O)N1CCC2(CC1)CCN(C(=O)CC1SC(N)=NC1=O)C2. The molecule has 9 heteroatoms. The van der Waals surface area contributed by atoms with Crippen LogP contribution in [0.4, 0.5) is 0 Å². The number of aryl methyl sites for hydroxylation is 1. The van der Waals surface area contributed by atoms with E-state index in [2.05, 4.69) is 4.99 Å². The Hall–Kier alpha value is -2.55. The van der Waals surface area contributed by atoms with E-state index in [0.717, 1.165) is 30.6 Å². The largest absolute Gasteiger partial charge is 0.484 e. The van der Waals surface area contributed by atoms with Crippen molar-refractivity contribution in [1.29, 1.82) is 0 Å². The molecule has 31 heavy (non-hydrogen) atoms. The summed E-state index contributed by atoms with van der Waals surface area (Å²) in [7, 11) is 0. The molecule has 3 amide bonds. The Labute approximate surface area is 186 Å². The third-order valence-corrected chi connectivity index (χ3v) is 7.52. The van der Waals surface area contributed by atoms with Gasteiger partial charge in [-0.15, -0.1) is 0 Å². The van der Waals surface area contributed by atoms with Gasteiger partial charge in [0.05, 0.1) is 0 Å². The number of rotatable bonds is 5. The molecule has 3 heterocycles. The first-order valence-corrected chi connectivity index (χ1v) is 11.5. The molecule has 4 rings (SSSR count). The Morgan fingerprint density at radius 1 is 1.16 bits per heavy atom. The maximum absolute atomic E-state index is 12.7. The minimum Gasteiger partial charge on any atom is -0.484 e. The van der Waals surface area contributed by atoms with Gasteiger partial charge in [-0.2, -0.15) is 4.99 Å². The van der Waals surface area contributed by atoms with E-state index in [4.69, 9.17) is 10.5 Å². The van der Waals surface area contributed by atoms with E-state index in [1.807, 2.05) is 41.0 Å². The van der Waals surface area contributed by atoms with Crippen molar-refractivity contribution in [3.63, 3.8) is 0 Å². The van der Waals surface area contributed by atoms with Crippen LogP contribution < -0.4 is 10.5 Å². The van der Waals surface area contributed by atoms with E-state index in [9.17, 15) is 14.4 Å². The second-order valence-electron chi connectivity index (χ2n) is 8.60.